The van der Waals surface area contributed by atoms with Crippen LogP contribution in [0.1, 0.15) is 78.3 Å². The summed E-state index contributed by atoms with van der Waals surface area (Å²) < 4.78 is 0. The lowest BCUT2D eigenvalue weighted by Gasteiger charge is -2.24. The summed E-state index contributed by atoms with van der Waals surface area (Å²) in [6.07, 6.45) is 3.97. The number of carbonyl (C=O) groups excluding carboxylic acids is 3. The largest absolute Gasteiger partial charge is 0.384 e. The smallest absolute Gasteiger partial charge is 0.196 e. The molecule has 0 fully saturated rings. The molecule has 0 spiro atoms. The Labute approximate surface area is 178 Å². The number of hydrogen-bond acceptors (Lipinski definition) is 5. The fraction of sp³-hybridized carbons (Fsp3) is 0.400. The Hall–Kier alpha value is -2.95. The summed E-state index contributed by atoms with van der Waals surface area (Å²) in [7, 11) is 0. The van der Waals surface area contributed by atoms with Crippen molar-refractivity contribution in [1.29, 1.82) is 0 Å². The van der Waals surface area contributed by atoms with Gasteiger partial charge in [0, 0.05) is 35.0 Å². The van der Waals surface area contributed by atoms with E-state index in [-0.39, 0.29) is 29.8 Å². The van der Waals surface area contributed by atoms with E-state index in [0.717, 1.165) is 32.2 Å². The van der Waals surface area contributed by atoms with Gasteiger partial charge in [-0.3, -0.25) is 14.4 Å². The van der Waals surface area contributed by atoms with Gasteiger partial charge in [0.15, 0.2) is 17.3 Å². The third-order valence-corrected chi connectivity index (χ3v) is 5.79. The molecule has 5 heteroatoms. The van der Waals surface area contributed by atoms with Gasteiger partial charge in [-0.2, -0.15) is 0 Å². The maximum Gasteiger partial charge on any atom is 0.196 e. The highest BCUT2D eigenvalue weighted by Gasteiger charge is 2.33. The van der Waals surface area contributed by atoms with E-state index in [1.165, 1.54) is 0 Å². The third-order valence-electron chi connectivity index (χ3n) is 5.79. The molecule has 1 aliphatic rings. The van der Waals surface area contributed by atoms with Gasteiger partial charge in [-0.1, -0.05) is 57.9 Å². The molecule has 0 saturated carbocycles. The van der Waals surface area contributed by atoms with Crippen LogP contribution in [0.4, 0.5) is 11.4 Å². The van der Waals surface area contributed by atoms with Gasteiger partial charge in [0.05, 0.1) is 17.7 Å². The number of rotatable bonds is 10. The van der Waals surface area contributed by atoms with Gasteiger partial charge in [0.25, 0.3) is 0 Å². The third kappa shape index (κ3) is 4.30. The number of fused-ring (bicyclic) bond motifs is 2. The Balaban J connectivity index is 1.99. The van der Waals surface area contributed by atoms with Crippen molar-refractivity contribution < 1.29 is 14.4 Å². The second kappa shape index (κ2) is 9.70. The lowest BCUT2D eigenvalue weighted by Crippen LogP contribution is -2.26. The van der Waals surface area contributed by atoms with Crippen LogP contribution in [0.3, 0.4) is 0 Å². The highest BCUT2D eigenvalue weighted by molar-refractivity contribution is 6.32. The minimum atomic E-state index is -0.184. The van der Waals surface area contributed by atoms with Crippen LogP contribution in [-0.2, 0) is 4.79 Å². The van der Waals surface area contributed by atoms with Crippen LogP contribution in [0.25, 0.3) is 0 Å². The first kappa shape index (κ1) is 21.8. The molecule has 2 aromatic rings. The molecule has 0 bridgehead atoms. The number of hydrogen-bond donors (Lipinski definition) is 2. The summed E-state index contributed by atoms with van der Waals surface area (Å²) in [6.45, 7) is 6.88. The zero-order valence-electron chi connectivity index (χ0n) is 18.0. The van der Waals surface area contributed by atoms with E-state index in [4.69, 9.17) is 0 Å². The van der Waals surface area contributed by atoms with Crippen LogP contribution in [0.15, 0.2) is 36.4 Å². The van der Waals surface area contributed by atoms with E-state index in [1.807, 2.05) is 19.9 Å². The monoisotopic (exact) mass is 406 g/mol. The predicted octanol–water partition coefficient (Wildman–Crippen LogP) is 5.09. The normalized spacial score (nSPS) is 13.4. The number of carbonyl (C=O) groups is 3. The highest BCUT2D eigenvalue weighted by atomic mass is 16.1. The molecular weight excluding hydrogens is 376 g/mol. The number of Topliss-reactive ketones (excluding diaryl/α,β-unsaturated/α-hetero) is 1. The van der Waals surface area contributed by atoms with Crippen molar-refractivity contribution in [2.24, 2.45) is 5.92 Å². The van der Waals surface area contributed by atoms with Crippen LogP contribution in [0.5, 0.6) is 0 Å². The molecule has 5 nitrogen and oxygen atoms in total. The van der Waals surface area contributed by atoms with E-state index in [0.29, 0.717) is 33.6 Å². The molecule has 30 heavy (non-hydrogen) atoms. The van der Waals surface area contributed by atoms with Crippen LogP contribution in [0.2, 0.25) is 0 Å². The van der Waals surface area contributed by atoms with E-state index in [2.05, 4.69) is 17.6 Å². The number of unbranched alkanes of at least 4 members (excludes halogenated alkanes) is 2. The summed E-state index contributed by atoms with van der Waals surface area (Å²) in [4.78, 5) is 39.0. The first-order chi connectivity index (χ1) is 14.5. The molecule has 2 N–H and O–H groups in total. The Kier molecular flexibility index (Phi) is 7.03. The minimum absolute atomic E-state index is 0.0501. The summed E-state index contributed by atoms with van der Waals surface area (Å²) in [5.74, 6) is -0.306. The van der Waals surface area contributed by atoms with Crippen molar-refractivity contribution in [1.82, 2.24) is 0 Å². The van der Waals surface area contributed by atoms with Gasteiger partial charge >= 0.3 is 0 Å². The summed E-state index contributed by atoms with van der Waals surface area (Å²) in [5, 5.41) is 6.46. The molecule has 2 aromatic carbocycles. The van der Waals surface area contributed by atoms with E-state index < -0.39 is 0 Å². The molecular formula is C25H30N2O3. The number of anilines is 2. The highest BCUT2D eigenvalue weighted by Crippen LogP contribution is 2.36. The molecule has 0 radical (unpaired) electrons. The predicted molar refractivity (Wildman–Crippen MR) is 121 cm³/mol. The molecule has 0 amide bonds. The Morgan fingerprint density at radius 3 is 1.97 bits per heavy atom. The van der Waals surface area contributed by atoms with Crippen molar-refractivity contribution >= 4 is 28.7 Å². The van der Waals surface area contributed by atoms with E-state index >= 15 is 0 Å². The van der Waals surface area contributed by atoms with E-state index in [1.54, 1.807) is 30.3 Å². The number of nitrogens with one attached hydrogen (secondary N) is 2. The quantitative estimate of drug-likeness (QED) is 0.459. The summed E-state index contributed by atoms with van der Waals surface area (Å²) in [6, 6.07) is 10.6. The number of ketones is 3. The molecule has 1 atom stereocenters. The summed E-state index contributed by atoms with van der Waals surface area (Å²) in [5.41, 5.74) is 2.81. The van der Waals surface area contributed by atoms with Crippen molar-refractivity contribution in [3.63, 3.8) is 0 Å². The molecule has 0 aromatic heterocycles. The minimum Gasteiger partial charge on any atom is -0.384 e. The molecule has 158 valence electrons. The Morgan fingerprint density at radius 1 is 0.867 bits per heavy atom. The molecule has 0 aliphatic heterocycles. The van der Waals surface area contributed by atoms with E-state index in [9.17, 15) is 14.4 Å². The standard InChI is InChI=1S/C25H30N2O3/c1-4-6-9-14-26-19-12-13-20(27-15-21(28)16(3)5-2)23-22(19)24(29)17-10-7-8-11-18(17)25(23)30/h7-8,10-13,16,26-27H,4-6,9,14-15H2,1-3H3. The van der Waals surface area contributed by atoms with Crippen molar-refractivity contribution in [2.45, 2.75) is 46.5 Å². The maximum atomic E-state index is 13.3. The van der Waals surface area contributed by atoms with Crippen LogP contribution < -0.4 is 10.6 Å². The fourth-order valence-electron chi connectivity index (χ4n) is 3.70. The summed E-state index contributed by atoms with van der Waals surface area (Å²) >= 11 is 0. The van der Waals surface area contributed by atoms with Crippen LogP contribution >= 0.6 is 0 Å². The van der Waals surface area contributed by atoms with Crippen molar-refractivity contribution in [3.05, 3.63) is 58.7 Å². The zero-order chi connectivity index (χ0) is 21.7. The zero-order valence-corrected chi connectivity index (χ0v) is 18.0. The van der Waals surface area contributed by atoms with Gasteiger partial charge in [-0.15, -0.1) is 0 Å². The Bertz CT molecular complexity index is 965. The van der Waals surface area contributed by atoms with Crippen molar-refractivity contribution in [2.75, 3.05) is 23.7 Å². The average Bonchev–Trinajstić information content (AvgIpc) is 2.78. The van der Waals surface area contributed by atoms with Crippen molar-refractivity contribution in [3.8, 4) is 0 Å². The maximum absolute atomic E-state index is 13.3. The second-order valence-electron chi connectivity index (χ2n) is 7.88. The molecule has 1 aliphatic carbocycles. The number of benzene rings is 2. The first-order valence-corrected chi connectivity index (χ1v) is 10.8. The Morgan fingerprint density at radius 2 is 1.43 bits per heavy atom. The van der Waals surface area contributed by atoms with Crippen LogP contribution in [0, 0.1) is 5.92 Å². The fourth-order valence-corrected chi connectivity index (χ4v) is 3.70. The molecule has 1 unspecified atom stereocenters. The second-order valence-corrected chi connectivity index (χ2v) is 7.88. The molecule has 3 rings (SSSR count). The topological polar surface area (TPSA) is 75.3 Å². The molecule has 0 heterocycles. The SMILES string of the molecule is CCCCCNc1ccc(NCC(=O)C(C)CC)c2c1C(=O)c1ccccc1C2=O. The lowest BCUT2D eigenvalue weighted by atomic mass is 9.82. The first-order valence-electron chi connectivity index (χ1n) is 10.8. The van der Waals surface area contributed by atoms with Gasteiger partial charge in [0.1, 0.15) is 0 Å². The van der Waals surface area contributed by atoms with Gasteiger partial charge in [0.2, 0.25) is 0 Å². The average molecular weight is 407 g/mol. The van der Waals surface area contributed by atoms with Gasteiger partial charge in [-0.05, 0) is 25.0 Å². The lowest BCUT2D eigenvalue weighted by molar-refractivity contribution is -0.120. The van der Waals surface area contributed by atoms with Gasteiger partial charge < -0.3 is 10.6 Å². The molecule has 0 saturated heterocycles. The van der Waals surface area contributed by atoms with Crippen LogP contribution in [-0.4, -0.2) is 30.4 Å². The van der Waals surface area contributed by atoms with Gasteiger partial charge in [-0.25, -0.2) is 0 Å².